The van der Waals surface area contributed by atoms with Crippen LogP contribution in [0.5, 0.6) is 0 Å². The van der Waals surface area contributed by atoms with Crippen molar-refractivity contribution in [1.82, 2.24) is 5.32 Å². The predicted molar refractivity (Wildman–Crippen MR) is 80.2 cm³/mol. The first-order valence-electron chi connectivity index (χ1n) is 7.60. The zero-order valence-electron chi connectivity index (χ0n) is 12.3. The number of nitrogens with one attached hydrogen (secondary N) is 1. The largest absolute Gasteiger partial charge is 0.381 e. The lowest BCUT2D eigenvalue weighted by Crippen LogP contribution is -2.27. The Bertz CT molecular complexity index is 352. The van der Waals surface area contributed by atoms with Gasteiger partial charge in [0, 0.05) is 19.8 Å². The molecular formula is C17H27NO. The second-order valence-electron chi connectivity index (χ2n) is 6.10. The van der Waals surface area contributed by atoms with Crippen LogP contribution in [0.15, 0.2) is 24.3 Å². The second-order valence-corrected chi connectivity index (χ2v) is 6.10. The molecule has 0 bridgehead atoms. The number of rotatable bonds is 6. The number of hydrogen-bond donors (Lipinski definition) is 1. The van der Waals surface area contributed by atoms with E-state index >= 15 is 0 Å². The van der Waals surface area contributed by atoms with Crippen LogP contribution >= 0.6 is 0 Å². The first-order chi connectivity index (χ1) is 9.24. The quantitative estimate of drug-likeness (QED) is 0.847. The fourth-order valence-electron chi connectivity index (χ4n) is 2.64. The van der Waals surface area contributed by atoms with Crippen molar-refractivity contribution in [3.05, 3.63) is 35.4 Å². The van der Waals surface area contributed by atoms with Gasteiger partial charge in [0.2, 0.25) is 0 Å². The van der Waals surface area contributed by atoms with E-state index in [0.717, 1.165) is 38.1 Å². The summed E-state index contributed by atoms with van der Waals surface area (Å²) in [4.78, 5) is 0. The minimum absolute atomic E-state index is 0.734. The molecule has 0 spiro atoms. The van der Waals surface area contributed by atoms with Gasteiger partial charge in [0.1, 0.15) is 0 Å². The molecule has 1 heterocycles. The van der Waals surface area contributed by atoms with Crippen molar-refractivity contribution in [3.63, 3.8) is 0 Å². The molecule has 1 fully saturated rings. The van der Waals surface area contributed by atoms with E-state index in [9.17, 15) is 0 Å². The predicted octanol–water partition coefficient (Wildman–Crippen LogP) is 3.40. The van der Waals surface area contributed by atoms with Crippen LogP contribution in [0.3, 0.4) is 0 Å². The summed E-state index contributed by atoms with van der Waals surface area (Å²) in [6, 6.07) is 9.06. The van der Waals surface area contributed by atoms with E-state index in [1.54, 1.807) is 0 Å². The fraction of sp³-hybridized carbons (Fsp3) is 0.647. The van der Waals surface area contributed by atoms with Gasteiger partial charge < -0.3 is 10.1 Å². The maximum atomic E-state index is 5.38. The van der Waals surface area contributed by atoms with Gasteiger partial charge >= 0.3 is 0 Å². The summed E-state index contributed by atoms with van der Waals surface area (Å²) < 4.78 is 5.38. The molecule has 2 heteroatoms. The molecule has 19 heavy (non-hydrogen) atoms. The van der Waals surface area contributed by atoms with Crippen LogP contribution in [0.4, 0.5) is 0 Å². The van der Waals surface area contributed by atoms with E-state index in [-0.39, 0.29) is 0 Å². The smallest absolute Gasteiger partial charge is 0.0469 e. The summed E-state index contributed by atoms with van der Waals surface area (Å²) >= 11 is 0. The first-order valence-corrected chi connectivity index (χ1v) is 7.60. The highest BCUT2D eigenvalue weighted by molar-refractivity contribution is 5.22. The average Bonchev–Trinajstić information content (AvgIpc) is 2.41. The minimum Gasteiger partial charge on any atom is -0.381 e. The third kappa shape index (κ3) is 5.33. The molecule has 0 aliphatic carbocycles. The fourth-order valence-corrected chi connectivity index (χ4v) is 2.64. The molecule has 1 saturated heterocycles. The highest BCUT2D eigenvalue weighted by atomic mass is 16.5. The van der Waals surface area contributed by atoms with Crippen molar-refractivity contribution < 1.29 is 4.74 Å². The summed E-state index contributed by atoms with van der Waals surface area (Å²) in [5.41, 5.74) is 2.84. The van der Waals surface area contributed by atoms with Gasteiger partial charge in [-0.15, -0.1) is 0 Å². The molecule has 0 unspecified atom stereocenters. The van der Waals surface area contributed by atoms with Crippen LogP contribution in [0.1, 0.15) is 37.8 Å². The van der Waals surface area contributed by atoms with Crippen LogP contribution in [0.25, 0.3) is 0 Å². The van der Waals surface area contributed by atoms with E-state index in [4.69, 9.17) is 4.74 Å². The van der Waals surface area contributed by atoms with E-state index < -0.39 is 0 Å². The zero-order valence-corrected chi connectivity index (χ0v) is 12.3. The van der Waals surface area contributed by atoms with Crippen LogP contribution < -0.4 is 5.32 Å². The molecule has 0 amide bonds. The Balaban J connectivity index is 1.70. The standard InChI is InChI=1S/C17H27NO/c1-14(2)11-15-3-5-16(6-4-15)12-18-13-17-7-9-19-10-8-17/h3-6,14,17-18H,7-13H2,1-2H3. The van der Waals surface area contributed by atoms with Gasteiger partial charge in [0.15, 0.2) is 0 Å². The summed E-state index contributed by atoms with van der Waals surface area (Å²) in [5.74, 6) is 1.53. The van der Waals surface area contributed by atoms with Crippen molar-refractivity contribution in [1.29, 1.82) is 0 Å². The summed E-state index contributed by atoms with van der Waals surface area (Å²) in [7, 11) is 0. The lowest BCUT2D eigenvalue weighted by Gasteiger charge is -2.22. The molecule has 0 aromatic heterocycles. The van der Waals surface area contributed by atoms with Crippen LogP contribution in [0, 0.1) is 11.8 Å². The normalized spacial score (nSPS) is 17.0. The van der Waals surface area contributed by atoms with E-state index in [1.165, 1.54) is 30.4 Å². The van der Waals surface area contributed by atoms with Crippen molar-refractivity contribution in [3.8, 4) is 0 Å². The lowest BCUT2D eigenvalue weighted by molar-refractivity contribution is 0.0662. The highest BCUT2D eigenvalue weighted by Crippen LogP contribution is 2.14. The number of ether oxygens (including phenoxy) is 1. The maximum absolute atomic E-state index is 5.38. The van der Waals surface area contributed by atoms with Gasteiger partial charge in [0.25, 0.3) is 0 Å². The molecule has 2 rings (SSSR count). The molecule has 2 nitrogen and oxygen atoms in total. The summed E-state index contributed by atoms with van der Waals surface area (Å²) in [6.07, 6.45) is 3.59. The maximum Gasteiger partial charge on any atom is 0.0469 e. The first kappa shape index (κ1) is 14.5. The minimum atomic E-state index is 0.734. The third-order valence-electron chi connectivity index (χ3n) is 3.77. The Morgan fingerprint density at radius 3 is 2.37 bits per heavy atom. The third-order valence-corrected chi connectivity index (χ3v) is 3.77. The van der Waals surface area contributed by atoms with E-state index in [0.29, 0.717) is 0 Å². The summed E-state index contributed by atoms with van der Waals surface area (Å²) in [6.45, 7) is 8.52. The van der Waals surface area contributed by atoms with Crippen LogP contribution in [-0.4, -0.2) is 19.8 Å². The molecule has 1 aromatic carbocycles. The van der Waals surface area contributed by atoms with E-state index in [1.807, 2.05) is 0 Å². The molecule has 0 saturated carbocycles. The van der Waals surface area contributed by atoms with E-state index in [2.05, 4.69) is 43.4 Å². The monoisotopic (exact) mass is 261 g/mol. The van der Waals surface area contributed by atoms with Gasteiger partial charge in [-0.05, 0) is 48.8 Å². The van der Waals surface area contributed by atoms with Crippen LogP contribution in [0.2, 0.25) is 0 Å². The van der Waals surface area contributed by atoms with Crippen molar-refractivity contribution in [2.75, 3.05) is 19.8 Å². The van der Waals surface area contributed by atoms with Gasteiger partial charge in [-0.3, -0.25) is 0 Å². The molecular weight excluding hydrogens is 234 g/mol. The Labute approximate surface area is 117 Å². The Kier molecular flexibility index (Phi) is 5.87. The molecule has 1 aliphatic rings. The molecule has 0 radical (unpaired) electrons. The molecule has 1 aliphatic heterocycles. The van der Waals surface area contributed by atoms with Gasteiger partial charge in [-0.25, -0.2) is 0 Å². The lowest BCUT2D eigenvalue weighted by atomic mass is 10.00. The molecule has 0 atom stereocenters. The SMILES string of the molecule is CC(C)Cc1ccc(CNCC2CCOCC2)cc1. The Morgan fingerprint density at radius 2 is 1.74 bits per heavy atom. The van der Waals surface area contributed by atoms with Crippen molar-refractivity contribution in [2.45, 2.75) is 39.7 Å². The highest BCUT2D eigenvalue weighted by Gasteiger charge is 2.12. The Hall–Kier alpha value is -0.860. The molecule has 1 aromatic rings. The van der Waals surface area contributed by atoms with Gasteiger partial charge in [-0.1, -0.05) is 38.1 Å². The molecule has 106 valence electrons. The summed E-state index contributed by atoms with van der Waals surface area (Å²) in [5, 5.41) is 3.58. The van der Waals surface area contributed by atoms with Gasteiger partial charge in [0.05, 0.1) is 0 Å². The van der Waals surface area contributed by atoms with Gasteiger partial charge in [-0.2, -0.15) is 0 Å². The number of benzene rings is 1. The van der Waals surface area contributed by atoms with Crippen molar-refractivity contribution in [2.24, 2.45) is 11.8 Å². The topological polar surface area (TPSA) is 21.3 Å². The number of hydrogen-bond acceptors (Lipinski definition) is 2. The molecule has 1 N–H and O–H groups in total. The zero-order chi connectivity index (χ0) is 13.5. The average molecular weight is 261 g/mol. The van der Waals surface area contributed by atoms with Crippen molar-refractivity contribution >= 4 is 0 Å². The van der Waals surface area contributed by atoms with Crippen LogP contribution in [-0.2, 0) is 17.7 Å². The second kappa shape index (κ2) is 7.66. The Morgan fingerprint density at radius 1 is 1.11 bits per heavy atom.